The molecule has 1 unspecified atom stereocenters. The molecular formula is C9H9NO2S. The van der Waals surface area contributed by atoms with E-state index in [0.717, 1.165) is 5.01 Å². The molecule has 1 heterocycles. The number of aldehydes is 1. The molecule has 0 amide bonds. The summed E-state index contributed by atoms with van der Waals surface area (Å²) in [7, 11) is 0. The molecule has 0 fully saturated rings. The maximum Gasteiger partial charge on any atom is 0.174 e. The first-order valence-electron chi connectivity index (χ1n) is 3.69. The van der Waals surface area contributed by atoms with Crippen LogP contribution in [0.25, 0.3) is 0 Å². The predicted molar refractivity (Wildman–Crippen MR) is 50.3 cm³/mol. The van der Waals surface area contributed by atoms with Crippen LogP contribution < -0.4 is 0 Å². The Morgan fingerprint density at radius 3 is 3.00 bits per heavy atom. The van der Waals surface area contributed by atoms with E-state index in [1.165, 1.54) is 11.3 Å². The number of terminal acetylenes is 1. The summed E-state index contributed by atoms with van der Waals surface area (Å²) >= 11 is 1.39. The molecule has 13 heavy (non-hydrogen) atoms. The Labute approximate surface area is 80.4 Å². The fraction of sp³-hybridized carbons (Fsp3) is 0.333. The summed E-state index contributed by atoms with van der Waals surface area (Å²) in [4.78, 5) is 14.3. The Morgan fingerprint density at radius 2 is 2.62 bits per heavy atom. The number of hydrogen-bond donors (Lipinski definition) is 1. The van der Waals surface area contributed by atoms with E-state index in [-0.39, 0.29) is 6.42 Å². The van der Waals surface area contributed by atoms with E-state index < -0.39 is 5.60 Å². The van der Waals surface area contributed by atoms with Crippen molar-refractivity contribution in [2.45, 2.75) is 18.9 Å². The van der Waals surface area contributed by atoms with Gasteiger partial charge in [-0.15, -0.1) is 17.8 Å². The van der Waals surface area contributed by atoms with E-state index in [1.807, 2.05) is 6.92 Å². The molecule has 3 nitrogen and oxygen atoms in total. The van der Waals surface area contributed by atoms with Crippen LogP contribution in [0.15, 0.2) is 5.38 Å². The molecule has 4 heteroatoms. The van der Waals surface area contributed by atoms with E-state index >= 15 is 0 Å². The van der Waals surface area contributed by atoms with E-state index in [9.17, 15) is 9.90 Å². The van der Waals surface area contributed by atoms with Crippen LogP contribution in [-0.4, -0.2) is 16.4 Å². The molecule has 0 saturated heterocycles. The zero-order valence-corrected chi connectivity index (χ0v) is 7.97. The number of carbonyl (C=O) groups is 1. The summed E-state index contributed by atoms with van der Waals surface area (Å²) < 4.78 is 0. The van der Waals surface area contributed by atoms with Gasteiger partial charge in [0.05, 0.1) is 10.7 Å². The summed E-state index contributed by atoms with van der Waals surface area (Å²) in [6.45, 7) is 1.81. The van der Waals surface area contributed by atoms with Crippen LogP contribution in [0, 0.1) is 19.3 Å². The summed E-state index contributed by atoms with van der Waals surface area (Å²) in [5.74, 6) is 2.18. The summed E-state index contributed by atoms with van der Waals surface area (Å²) in [6, 6.07) is 0. The molecule has 1 aromatic rings. The quantitative estimate of drug-likeness (QED) is 0.575. The van der Waals surface area contributed by atoms with Crippen molar-refractivity contribution < 1.29 is 9.90 Å². The van der Waals surface area contributed by atoms with Crippen molar-refractivity contribution in [2.75, 3.05) is 0 Å². The highest BCUT2D eigenvalue weighted by Crippen LogP contribution is 2.24. The third-order valence-electron chi connectivity index (χ3n) is 1.66. The van der Waals surface area contributed by atoms with Crippen molar-refractivity contribution in [1.82, 2.24) is 4.98 Å². The van der Waals surface area contributed by atoms with Crippen LogP contribution >= 0.6 is 11.3 Å². The highest BCUT2D eigenvalue weighted by atomic mass is 32.1. The van der Waals surface area contributed by atoms with Gasteiger partial charge in [-0.1, -0.05) is 5.92 Å². The lowest BCUT2D eigenvalue weighted by molar-refractivity contribution is -0.111. The van der Waals surface area contributed by atoms with Gasteiger partial charge in [-0.3, -0.25) is 0 Å². The third-order valence-corrected chi connectivity index (χ3v) is 2.43. The molecule has 0 aromatic carbocycles. The maximum absolute atomic E-state index is 10.3. The van der Waals surface area contributed by atoms with Crippen molar-refractivity contribution in [2.24, 2.45) is 0 Å². The lowest BCUT2D eigenvalue weighted by Crippen LogP contribution is -2.24. The van der Waals surface area contributed by atoms with Crippen LogP contribution in [0.1, 0.15) is 17.1 Å². The van der Waals surface area contributed by atoms with Gasteiger partial charge in [0, 0.05) is 11.8 Å². The van der Waals surface area contributed by atoms with Crippen LogP contribution in [0.2, 0.25) is 0 Å². The molecule has 0 aliphatic heterocycles. The molecule has 1 N–H and O–H groups in total. The number of thiazole rings is 1. The second-order valence-corrected chi connectivity index (χ2v) is 3.69. The molecule has 0 radical (unpaired) electrons. The lowest BCUT2D eigenvalue weighted by Gasteiger charge is -2.15. The first kappa shape index (κ1) is 9.90. The first-order valence-corrected chi connectivity index (χ1v) is 4.57. The second-order valence-electron chi connectivity index (χ2n) is 2.63. The average Bonchev–Trinajstić information content (AvgIpc) is 2.52. The first-order chi connectivity index (χ1) is 6.12. The Balaban J connectivity index is 3.03. The molecular weight excluding hydrogens is 186 g/mol. The second kappa shape index (κ2) is 3.69. The van der Waals surface area contributed by atoms with Gasteiger partial charge in [-0.25, -0.2) is 4.98 Å². The van der Waals surface area contributed by atoms with E-state index in [0.29, 0.717) is 12.0 Å². The fourth-order valence-corrected chi connectivity index (χ4v) is 1.59. The van der Waals surface area contributed by atoms with Gasteiger partial charge < -0.3 is 9.90 Å². The van der Waals surface area contributed by atoms with Gasteiger partial charge in [0.1, 0.15) is 6.29 Å². The minimum Gasteiger partial charge on any atom is -0.371 e. The highest BCUT2D eigenvalue weighted by Gasteiger charge is 2.28. The number of nitrogens with zero attached hydrogens (tertiary/aromatic N) is 1. The summed E-state index contributed by atoms with van der Waals surface area (Å²) in [5.41, 5.74) is -1.16. The largest absolute Gasteiger partial charge is 0.371 e. The van der Waals surface area contributed by atoms with Crippen molar-refractivity contribution in [1.29, 1.82) is 0 Å². The molecule has 0 bridgehead atoms. The van der Waals surface area contributed by atoms with E-state index in [4.69, 9.17) is 6.42 Å². The van der Waals surface area contributed by atoms with Crippen LogP contribution in [-0.2, 0) is 10.4 Å². The van der Waals surface area contributed by atoms with E-state index in [1.54, 1.807) is 5.38 Å². The number of aromatic nitrogens is 1. The average molecular weight is 195 g/mol. The number of carbonyl (C=O) groups excluding carboxylic acids is 1. The Kier molecular flexibility index (Phi) is 2.81. The van der Waals surface area contributed by atoms with Crippen molar-refractivity contribution in [3.05, 3.63) is 16.1 Å². The lowest BCUT2D eigenvalue weighted by atomic mass is 9.99. The van der Waals surface area contributed by atoms with Gasteiger partial charge in [0.15, 0.2) is 5.60 Å². The Hall–Kier alpha value is -1.18. The smallest absolute Gasteiger partial charge is 0.174 e. The van der Waals surface area contributed by atoms with Crippen LogP contribution in [0.5, 0.6) is 0 Å². The molecule has 0 aliphatic rings. The zero-order valence-electron chi connectivity index (χ0n) is 7.15. The number of rotatable bonds is 3. The summed E-state index contributed by atoms with van der Waals surface area (Å²) in [6.07, 6.45) is 5.61. The normalized spacial score (nSPS) is 14.5. The Bertz CT molecular complexity index is 353. The van der Waals surface area contributed by atoms with Gasteiger partial charge in [-0.2, -0.15) is 0 Å². The van der Waals surface area contributed by atoms with E-state index in [2.05, 4.69) is 10.9 Å². The van der Waals surface area contributed by atoms with Crippen molar-refractivity contribution in [3.63, 3.8) is 0 Å². The van der Waals surface area contributed by atoms with Crippen molar-refractivity contribution in [3.8, 4) is 12.3 Å². The SMILES string of the molecule is C#CC(O)(CC=O)c1csc(C)n1. The molecule has 0 aliphatic carbocycles. The maximum atomic E-state index is 10.3. The minimum atomic E-state index is -1.54. The predicted octanol–water partition coefficient (Wildman–Crippen LogP) is 0.861. The molecule has 1 atom stereocenters. The van der Waals surface area contributed by atoms with Gasteiger partial charge in [0.2, 0.25) is 0 Å². The minimum absolute atomic E-state index is 0.118. The monoisotopic (exact) mass is 195 g/mol. The number of aliphatic hydroxyl groups is 1. The van der Waals surface area contributed by atoms with Crippen molar-refractivity contribution >= 4 is 17.6 Å². The molecule has 0 spiro atoms. The molecule has 1 aromatic heterocycles. The van der Waals surface area contributed by atoms with Gasteiger partial charge in [0.25, 0.3) is 0 Å². The molecule has 0 saturated carbocycles. The van der Waals surface area contributed by atoms with Crippen LogP contribution in [0.4, 0.5) is 0 Å². The Morgan fingerprint density at radius 1 is 1.92 bits per heavy atom. The zero-order chi connectivity index (χ0) is 9.90. The number of hydrogen-bond acceptors (Lipinski definition) is 4. The molecule has 68 valence electrons. The molecule has 1 rings (SSSR count). The topological polar surface area (TPSA) is 50.2 Å². The van der Waals surface area contributed by atoms with Gasteiger partial charge in [-0.05, 0) is 6.92 Å². The highest BCUT2D eigenvalue weighted by molar-refractivity contribution is 7.09. The summed E-state index contributed by atoms with van der Waals surface area (Å²) in [5, 5.41) is 12.3. The van der Waals surface area contributed by atoms with Gasteiger partial charge >= 0.3 is 0 Å². The number of aryl methyl sites for hydroxylation is 1. The fourth-order valence-electron chi connectivity index (χ4n) is 0.911. The standard InChI is InChI=1S/C9H9NO2S/c1-3-9(12,4-5-11)8-6-13-7(2)10-8/h1,5-6,12H,4H2,2H3. The third kappa shape index (κ3) is 1.94. The van der Waals surface area contributed by atoms with Crippen LogP contribution in [0.3, 0.4) is 0 Å².